The van der Waals surface area contributed by atoms with Gasteiger partial charge in [0.15, 0.2) is 10.8 Å². The van der Waals surface area contributed by atoms with Crippen LogP contribution in [-0.2, 0) is 38.4 Å². The van der Waals surface area contributed by atoms with Crippen LogP contribution in [0.25, 0.3) is 0 Å². The number of nitrogens with two attached hydrogens (primary N) is 1. The molecule has 2 saturated heterocycles. The lowest BCUT2D eigenvalue weighted by molar-refractivity contribution is -0.252. The van der Waals surface area contributed by atoms with Gasteiger partial charge in [0.1, 0.15) is 12.8 Å². The summed E-state index contributed by atoms with van der Waals surface area (Å²) in [6, 6.07) is 0. The van der Waals surface area contributed by atoms with Crippen LogP contribution in [0, 0.1) is 0 Å². The fraction of sp³-hybridized carbons (Fsp3) is 0.400. The Balaban J connectivity index is 1.90. The largest absolute Gasteiger partial charge is 0.477 e. The Morgan fingerprint density at radius 1 is 1.43 bits per heavy atom. The fourth-order valence-electron chi connectivity index (χ4n) is 2.77. The Morgan fingerprint density at radius 2 is 2.13 bits per heavy atom. The molecule has 0 saturated carbocycles. The van der Waals surface area contributed by atoms with Crippen molar-refractivity contribution in [3.05, 3.63) is 11.1 Å². The van der Waals surface area contributed by atoms with Crippen molar-refractivity contribution in [3.8, 4) is 0 Å². The lowest BCUT2D eigenvalue weighted by atomic mass is 10.00. The average molecular weight is 441 g/mol. The van der Waals surface area contributed by atoms with Crippen molar-refractivity contribution in [2.75, 3.05) is 12.8 Å². The standard InChI is InChI=1S/C15H15N5O9S/c1-14(18-9(22)8(19-27-2)6-5-30-13(16)17-6)10(23)20(29-12(14)26)15(11(24)25)4-3-7(21)28-15/h5H,3-4H2,1-2H3,(H2,16,17)(H,18,22)(H,24,25)/t14-,15?/m0/s1. The maximum atomic E-state index is 12.9. The third-order valence-electron chi connectivity index (χ3n) is 4.33. The maximum Gasteiger partial charge on any atom is 0.373 e. The number of aromatic nitrogens is 1. The number of esters is 1. The van der Waals surface area contributed by atoms with Gasteiger partial charge in [0.2, 0.25) is 5.54 Å². The molecule has 2 amide bonds. The van der Waals surface area contributed by atoms with Crippen molar-refractivity contribution in [3.63, 3.8) is 0 Å². The number of hydroxylamine groups is 2. The van der Waals surface area contributed by atoms with Gasteiger partial charge in [0, 0.05) is 11.8 Å². The third kappa shape index (κ3) is 3.18. The molecule has 4 N–H and O–H groups in total. The first-order valence-corrected chi connectivity index (χ1v) is 9.10. The number of nitrogens with one attached hydrogen (secondary N) is 1. The first kappa shape index (κ1) is 21.0. The van der Waals surface area contributed by atoms with E-state index in [2.05, 4.69) is 20.3 Å². The number of carbonyl (C=O) groups is 5. The average Bonchev–Trinajstić information content (AvgIpc) is 3.34. The molecule has 3 heterocycles. The van der Waals surface area contributed by atoms with Crippen LogP contribution in [0.4, 0.5) is 5.13 Å². The van der Waals surface area contributed by atoms with Crippen molar-refractivity contribution in [1.29, 1.82) is 0 Å². The summed E-state index contributed by atoms with van der Waals surface area (Å²) < 4.78 is 4.78. The number of rotatable bonds is 6. The number of oxime groups is 1. The van der Waals surface area contributed by atoms with E-state index >= 15 is 0 Å². The normalized spacial score (nSPS) is 26.4. The van der Waals surface area contributed by atoms with Gasteiger partial charge in [-0.15, -0.1) is 16.4 Å². The predicted octanol–water partition coefficient (Wildman–Crippen LogP) is -1.63. The Labute approximate surface area is 171 Å². The molecule has 0 spiro atoms. The lowest BCUT2D eigenvalue weighted by Crippen LogP contribution is -2.61. The van der Waals surface area contributed by atoms with Crippen LogP contribution in [0.1, 0.15) is 25.5 Å². The monoisotopic (exact) mass is 441 g/mol. The molecule has 3 rings (SSSR count). The molecule has 14 nitrogen and oxygen atoms in total. The smallest absolute Gasteiger partial charge is 0.373 e. The van der Waals surface area contributed by atoms with Crippen molar-refractivity contribution >= 4 is 51.9 Å². The predicted molar refractivity (Wildman–Crippen MR) is 95.3 cm³/mol. The number of ether oxygens (including phenoxy) is 1. The highest BCUT2D eigenvalue weighted by atomic mass is 32.1. The number of aliphatic carboxylic acids is 1. The van der Waals surface area contributed by atoms with Crippen LogP contribution in [-0.4, -0.2) is 69.0 Å². The van der Waals surface area contributed by atoms with Crippen LogP contribution in [0.2, 0.25) is 0 Å². The zero-order valence-electron chi connectivity index (χ0n) is 15.5. The van der Waals surface area contributed by atoms with Crippen LogP contribution >= 0.6 is 11.3 Å². The van der Waals surface area contributed by atoms with Crippen LogP contribution in [0.15, 0.2) is 10.5 Å². The van der Waals surface area contributed by atoms with E-state index in [1.54, 1.807) is 0 Å². The van der Waals surface area contributed by atoms with Crippen LogP contribution in [0.3, 0.4) is 0 Å². The van der Waals surface area contributed by atoms with E-state index in [1.807, 2.05) is 0 Å². The molecule has 0 aromatic carbocycles. The number of thiazole rings is 1. The number of nitrogens with zero attached hydrogens (tertiary/aromatic N) is 3. The summed E-state index contributed by atoms with van der Waals surface area (Å²) in [7, 11) is 1.16. The number of hydrogen-bond acceptors (Lipinski definition) is 12. The molecule has 1 unspecified atom stereocenters. The molecule has 30 heavy (non-hydrogen) atoms. The minimum absolute atomic E-state index is 0.0165. The number of amides is 2. The van der Waals surface area contributed by atoms with Gasteiger partial charge in [-0.1, -0.05) is 5.16 Å². The van der Waals surface area contributed by atoms with Gasteiger partial charge in [-0.25, -0.2) is 14.6 Å². The summed E-state index contributed by atoms with van der Waals surface area (Å²) in [4.78, 5) is 74.6. The number of anilines is 1. The zero-order chi connectivity index (χ0) is 22.3. The first-order valence-electron chi connectivity index (χ1n) is 8.22. The van der Waals surface area contributed by atoms with Crippen molar-refractivity contribution < 1.29 is 43.5 Å². The van der Waals surface area contributed by atoms with Gasteiger partial charge in [0.25, 0.3) is 11.8 Å². The first-order chi connectivity index (χ1) is 14.0. The molecule has 2 atom stereocenters. The van der Waals surface area contributed by atoms with E-state index in [4.69, 9.17) is 15.3 Å². The van der Waals surface area contributed by atoms with E-state index in [-0.39, 0.29) is 22.3 Å². The minimum atomic E-state index is -2.53. The SMILES string of the molecule is CON=C(C(=O)N[C@]1(C)C(=O)ON(C2(C(=O)O)CCC(=O)O2)C1=O)c1csc(N)n1. The molecule has 0 radical (unpaired) electrons. The molecule has 2 aliphatic rings. The summed E-state index contributed by atoms with van der Waals surface area (Å²) in [5.41, 5.74) is 0.285. The zero-order valence-corrected chi connectivity index (χ0v) is 16.3. The van der Waals surface area contributed by atoms with E-state index in [0.29, 0.717) is 0 Å². The number of carboxylic acids is 1. The highest BCUT2D eigenvalue weighted by molar-refractivity contribution is 7.13. The van der Waals surface area contributed by atoms with E-state index in [0.717, 1.165) is 25.4 Å². The summed E-state index contributed by atoms with van der Waals surface area (Å²) in [6.45, 7) is 1.00. The van der Waals surface area contributed by atoms with Gasteiger partial charge < -0.3 is 30.6 Å². The number of cyclic esters (lactones) is 1. The van der Waals surface area contributed by atoms with Gasteiger partial charge in [-0.2, -0.15) is 0 Å². The van der Waals surface area contributed by atoms with Gasteiger partial charge in [-0.3, -0.25) is 14.4 Å². The second kappa shape index (κ2) is 7.25. The molecule has 1 aromatic rings. The molecular formula is C15H15N5O9S. The molecule has 2 fully saturated rings. The maximum absolute atomic E-state index is 12.9. The quantitative estimate of drug-likeness (QED) is 0.198. The van der Waals surface area contributed by atoms with Crippen molar-refractivity contribution in [2.45, 2.75) is 31.0 Å². The Kier molecular flexibility index (Phi) is 5.07. The highest BCUT2D eigenvalue weighted by Gasteiger charge is 2.66. The topological polar surface area (TPSA) is 200 Å². The second-order valence-corrected chi connectivity index (χ2v) is 7.20. The molecule has 2 aliphatic heterocycles. The van der Waals surface area contributed by atoms with Crippen LogP contribution in [0.5, 0.6) is 0 Å². The fourth-order valence-corrected chi connectivity index (χ4v) is 3.32. The minimum Gasteiger partial charge on any atom is -0.477 e. The Bertz CT molecular complexity index is 991. The second-order valence-electron chi connectivity index (χ2n) is 6.31. The van der Waals surface area contributed by atoms with E-state index in [9.17, 15) is 29.1 Å². The third-order valence-corrected chi connectivity index (χ3v) is 5.01. The highest BCUT2D eigenvalue weighted by Crippen LogP contribution is 2.36. The Morgan fingerprint density at radius 3 is 2.63 bits per heavy atom. The Hall–Kier alpha value is -3.75. The summed E-state index contributed by atoms with van der Waals surface area (Å²) in [6.07, 6.45) is -0.759. The number of nitrogen functional groups attached to an aromatic ring is 1. The molecule has 15 heteroatoms. The van der Waals surface area contributed by atoms with E-state index < -0.39 is 53.1 Å². The summed E-state index contributed by atoms with van der Waals surface area (Å²) in [5.74, 6) is -6.21. The molecule has 160 valence electrons. The van der Waals surface area contributed by atoms with Crippen molar-refractivity contribution in [2.24, 2.45) is 5.16 Å². The molecule has 0 bridgehead atoms. The van der Waals surface area contributed by atoms with E-state index in [1.165, 1.54) is 5.38 Å². The van der Waals surface area contributed by atoms with Gasteiger partial charge in [0.05, 0.1) is 6.42 Å². The van der Waals surface area contributed by atoms with Crippen LogP contribution < -0.4 is 11.1 Å². The summed E-state index contributed by atoms with van der Waals surface area (Å²) >= 11 is 1.01. The molecule has 0 aliphatic carbocycles. The molecular weight excluding hydrogens is 426 g/mol. The van der Waals surface area contributed by atoms with Crippen molar-refractivity contribution in [1.82, 2.24) is 15.4 Å². The summed E-state index contributed by atoms with van der Waals surface area (Å²) in [5, 5.41) is 16.9. The number of hydrogen-bond donors (Lipinski definition) is 3. The number of carbonyl (C=O) groups excluding carboxylic acids is 4. The lowest BCUT2D eigenvalue weighted by Gasteiger charge is -2.30. The molecule has 1 aromatic heterocycles. The van der Waals surface area contributed by atoms with Gasteiger partial charge >= 0.3 is 23.6 Å². The van der Waals surface area contributed by atoms with Gasteiger partial charge in [-0.05, 0) is 6.92 Å². The number of carboxylic acid groups (broad SMARTS) is 1.